The first kappa shape index (κ1) is 23.0. The van der Waals surface area contributed by atoms with E-state index >= 15 is 0 Å². The maximum atomic E-state index is 5.75. The summed E-state index contributed by atoms with van der Waals surface area (Å²) in [6, 6.07) is 4.12. The summed E-state index contributed by atoms with van der Waals surface area (Å²) in [4.78, 5) is 0. The minimum atomic E-state index is 0. The molecule has 0 amide bonds. The Morgan fingerprint density at radius 2 is 1.40 bits per heavy atom. The van der Waals surface area contributed by atoms with Gasteiger partial charge in [0.05, 0.1) is 33.0 Å². The van der Waals surface area contributed by atoms with Gasteiger partial charge in [-0.15, -0.1) is 0 Å². The van der Waals surface area contributed by atoms with Gasteiger partial charge in [-0.1, -0.05) is 26.7 Å². The largest absolute Gasteiger partial charge is 0.454 e. The van der Waals surface area contributed by atoms with Crippen LogP contribution in [0.2, 0.25) is 0 Å². The summed E-state index contributed by atoms with van der Waals surface area (Å²) < 4.78 is 27.6. The number of fused-ring (bicyclic) bond motifs is 1. The topological polar surface area (TPSA) is 46.2 Å². The second-order valence-electron chi connectivity index (χ2n) is 5.86. The molecular formula is C19H30O5Tb. The zero-order chi connectivity index (χ0) is 17.0. The summed E-state index contributed by atoms with van der Waals surface area (Å²) in [5.74, 6) is 1.66. The first-order valence-electron chi connectivity index (χ1n) is 8.99. The van der Waals surface area contributed by atoms with E-state index in [0.717, 1.165) is 43.8 Å². The monoisotopic (exact) mass is 497 g/mol. The summed E-state index contributed by atoms with van der Waals surface area (Å²) in [6.07, 6.45) is 4.38. The van der Waals surface area contributed by atoms with Gasteiger partial charge in [0, 0.05) is 45.2 Å². The van der Waals surface area contributed by atoms with Gasteiger partial charge in [0.2, 0.25) is 6.79 Å². The van der Waals surface area contributed by atoms with Crippen LogP contribution >= 0.6 is 0 Å². The molecule has 1 aliphatic heterocycles. The number of benzene rings is 1. The van der Waals surface area contributed by atoms with Crippen molar-refractivity contribution in [2.75, 3.05) is 39.8 Å². The molecule has 0 saturated carbocycles. The first-order valence-corrected chi connectivity index (χ1v) is 8.99. The van der Waals surface area contributed by atoms with Crippen molar-refractivity contribution in [2.45, 2.75) is 46.1 Å². The Bertz CT molecular complexity index is 481. The molecule has 2 rings (SSSR count). The van der Waals surface area contributed by atoms with E-state index in [0.29, 0.717) is 39.8 Å². The van der Waals surface area contributed by atoms with Crippen LogP contribution in [0.1, 0.15) is 44.2 Å². The average molecular weight is 497 g/mol. The Labute approximate surface area is 182 Å². The smallest absolute Gasteiger partial charge is 0.231 e. The minimum absolute atomic E-state index is 0. The molecule has 0 unspecified atom stereocenters. The number of unbranched alkanes of at least 4 members (excludes halogenated alkanes) is 1. The van der Waals surface area contributed by atoms with Crippen molar-refractivity contribution in [1.82, 2.24) is 0 Å². The van der Waals surface area contributed by atoms with Crippen LogP contribution in [0.5, 0.6) is 11.5 Å². The van der Waals surface area contributed by atoms with E-state index in [4.69, 9.17) is 23.7 Å². The van der Waals surface area contributed by atoms with Gasteiger partial charge in [-0.2, -0.15) is 0 Å². The van der Waals surface area contributed by atoms with Crippen LogP contribution in [0.3, 0.4) is 0 Å². The molecule has 0 fully saturated rings. The molecule has 0 spiro atoms. The van der Waals surface area contributed by atoms with E-state index in [1.54, 1.807) is 0 Å². The molecular weight excluding hydrogens is 467 g/mol. The molecule has 1 aromatic rings. The maximum Gasteiger partial charge on any atom is 0.231 e. The Hall–Kier alpha value is -0.0143. The van der Waals surface area contributed by atoms with E-state index in [9.17, 15) is 0 Å². The van der Waals surface area contributed by atoms with Crippen LogP contribution in [0.15, 0.2) is 12.1 Å². The molecule has 6 heteroatoms. The first-order chi connectivity index (χ1) is 11.8. The van der Waals surface area contributed by atoms with Gasteiger partial charge in [-0.05, 0) is 36.1 Å². The molecule has 0 aromatic heterocycles. The molecule has 0 saturated heterocycles. The van der Waals surface area contributed by atoms with Crippen molar-refractivity contribution in [1.29, 1.82) is 0 Å². The van der Waals surface area contributed by atoms with Crippen LogP contribution in [0, 0.1) is 38.6 Å². The molecule has 0 bridgehead atoms. The van der Waals surface area contributed by atoms with Crippen LogP contribution in [-0.2, 0) is 27.2 Å². The van der Waals surface area contributed by atoms with E-state index in [1.807, 2.05) is 6.07 Å². The number of ether oxygens (including phenoxy) is 5. The van der Waals surface area contributed by atoms with Gasteiger partial charge in [0.15, 0.2) is 11.5 Å². The van der Waals surface area contributed by atoms with Gasteiger partial charge in [0.1, 0.15) is 0 Å². The number of hydrogen-bond donors (Lipinski definition) is 0. The summed E-state index contributed by atoms with van der Waals surface area (Å²) in [6.45, 7) is 8.47. The van der Waals surface area contributed by atoms with Crippen molar-refractivity contribution in [3.63, 3.8) is 0 Å². The number of aryl methyl sites for hydroxylation is 1. The molecule has 0 aliphatic carbocycles. The van der Waals surface area contributed by atoms with E-state index < -0.39 is 0 Å². The van der Waals surface area contributed by atoms with Gasteiger partial charge in [-0.3, -0.25) is 0 Å². The fourth-order valence-electron chi connectivity index (χ4n) is 2.53. The number of hydrogen-bond acceptors (Lipinski definition) is 5. The second-order valence-corrected chi connectivity index (χ2v) is 5.86. The predicted molar refractivity (Wildman–Crippen MR) is 92.8 cm³/mol. The summed E-state index contributed by atoms with van der Waals surface area (Å²) in [5.41, 5.74) is 2.44. The predicted octanol–water partition coefficient (Wildman–Crippen LogP) is 3.72. The zero-order valence-electron chi connectivity index (χ0n) is 15.3. The third kappa shape index (κ3) is 8.48. The van der Waals surface area contributed by atoms with Crippen LogP contribution in [-0.4, -0.2) is 39.8 Å². The van der Waals surface area contributed by atoms with Gasteiger partial charge >= 0.3 is 0 Å². The molecule has 25 heavy (non-hydrogen) atoms. The molecule has 1 heterocycles. The Balaban J connectivity index is 0.00000312. The normalized spacial score (nSPS) is 12.2. The van der Waals surface area contributed by atoms with Crippen LogP contribution in [0.25, 0.3) is 0 Å². The summed E-state index contributed by atoms with van der Waals surface area (Å²) in [7, 11) is 0. The fourth-order valence-corrected chi connectivity index (χ4v) is 2.53. The third-order valence-corrected chi connectivity index (χ3v) is 3.86. The van der Waals surface area contributed by atoms with Crippen LogP contribution in [0.4, 0.5) is 0 Å². The van der Waals surface area contributed by atoms with Gasteiger partial charge < -0.3 is 23.7 Å². The quantitative estimate of drug-likeness (QED) is 0.389. The molecule has 5 nitrogen and oxygen atoms in total. The minimum Gasteiger partial charge on any atom is -0.454 e. The molecule has 145 valence electrons. The second kappa shape index (κ2) is 14.1. The maximum absolute atomic E-state index is 5.75. The van der Waals surface area contributed by atoms with Crippen molar-refractivity contribution >= 4 is 0 Å². The van der Waals surface area contributed by atoms with E-state index in [2.05, 4.69) is 19.9 Å². The fraction of sp³-hybridized carbons (Fsp3) is 0.684. The van der Waals surface area contributed by atoms with Crippen molar-refractivity contribution in [2.24, 2.45) is 0 Å². The van der Waals surface area contributed by atoms with E-state index in [1.165, 1.54) is 11.1 Å². The number of rotatable bonds is 13. The standard InChI is InChI=1S/C19H30O5.Tb/c1-3-5-7-20-8-9-21-10-11-22-14-17-13-19-18(23-15-24-19)12-16(17)6-4-2;/h12-13H,3-11,14-15H2,1-2H3;. The SMILES string of the molecule is CCCCOCCOCCOCc1cc2c(cc1CCC)OCO2.[Tb]. The molecule has 0 atom stereocenters. The molecule has 1 aliphatic rings. The molecule has 0 N–H and O–H groups in total. The van der Waals surface area contributed by atoms with Crippen molar-refractivity contribution < 1.29 is 62.3 Å². The molecule has 1 radical (unpaired) electrons. The third-order valence-electron chi connectivity index (χ3n) is 3.86. The van der Waals surface area contributed by atoms with Crippen molar-refractivity contribution in [3.05, 3.63) is 23.3 Å². The summed E-state index contributed by atoms with van der Waals surface area (Å²) >= 11 is 0. The Morgan fingerprint density at radius 3 is 2.04 bits per heavy atom. The van der Waals surface area contributed by atoms with Crippen LogP contribution < -0.4 is 9.47 Å². The molecule has 1 aromatic carbocycles. The Morgan fingerprint density at radius 1 is 0.800 bits per heavy atom. The average Bonchev–Trinajstić information content (AvgIpc) is 3.04. The zero-order valence-corrected chi connectivity index (χ0v) is 17.4. The van der Waals surface area contributed by atoms with Gasteiger partial charge in [0.25, 0.3) is 0 Å². The van der Waals surface area contributed by atoms with Crippen molar-refractivity contribution in [3.8, 4) is 11.5 Å². The van der Waals surface area contributed by atoms with Gasteiger partial charge in [-0.25, -0.2) is 0 Å². The summed E-state index contributed by atoms with van der Waals surface area (Å²) in [5, 5.41) is 0. The van der Waals surface area contributed by atoms with E-state index in [-0.39, 0.29) is 38.6 Å². The Kier molecular flexibility index (Phi) is 13.0.